The molecule has 0 spiro atoms. The standard InChI is InChI=1S/C13H16O3/c1-10-3-5-11(6-4-10)16-13(7-2-8-13)9-12(14)15/h3-6H,2,7-9H2,1H3,(H,14,15). The monoisotopic (exact) mass is 220 g/mol. The SMILES string of the molecule is Cc1ccc(OC2(CC(=O)O)CCC2)cc1. The zero-order valence-electron chi connectivity index (χ0n) is 9.40. The average molecular weight is 220 g/mol. The molecule has 1 N–H and O–H groups in total. The van der Waals surface area contributed by atoms with E-state index in [0.29, 0.717) is 0 Å². The first-order valence-corrected chi connectivity index (χ1v) is 5.57. The van der Waals surface area contributed by atoms with Crippen LogP contribution in [0.2, 0.25) is 0 Å². The van der Waals surface area contributed by atoms with E-state index in [4.69, 9.17) is 9.84 Å². The summed E-state index contributed by atoms with van der Waals surface area (Å²) in [5.74, 6) is -0.0154. The van der Waals surface area contributed by atoms with Gasteiger partial charge in [0.05, 0.1) is 6.42 Å². The summed E-state index contributed by atoms with van der Waals surface area (Å²) in [6, 6.07) is 7.75. The lowest BCUT2D eigenvalue weighted by Crippen LogP contribution is -2.45. The fraction of sp³-hybridized carbons (Fsp3) is 0.462. The van der Waals surface area contributed by atoms with E-state index < -0.39 is 11.6 Å². The third kappa shape index (κ3) is 2.35. The molecule has 1 aliphatic rings. The second-order valence-corrected chi connectivity index (χ2v) is 4.52. The lowest BCUT2D eigenvalue weighted by Gasteiger charge is -2.40. The minimum Gasteiger partial charge on any atom is -0.487 e. The average Bonchev–Trinajstić information content (AvgIpc) is 2.17. The Kier molecular flexibility index (Phi) is 2.86. The van der Waals surface area contributed by atoms with E-state index >= 15 is 0 Å². The number of rotatable bonds is 4. The van der Waals surface area contributed by atoms with Crippen molar-refractivity contribution in [1.82, 2.24) is 0 Å². The van der Waals surface area contributed by atoms with Crippen LogP contribution in [0.4, 0.5) is 0 Å². The van der Waals surface area contributed by atoms with Gasteiger partial charge in [-0.2, -0.15) is 0 Å². The van der Waals surface area contributed by atoms with Crippen LogP contribution in [0.25, 0.3) is 0 Å². The highest BCUT2D eigenvalue weighted by Crippen LogP contribution is 2.39. The molecule has 0 heterocycles. The Morgan fingerprint density at radius 2 is 2.00 bits per heavy atom. The number of benzene rings is 1. The first-order valence-electron chi connectivity index (χ1n) is 5.57. The number of hydrogen-bond donors (Lipinski definition) is 1. The van der Waals surface area contributed by atoms with Crippen LogP contribution in [0.15, 0.2) is 24.3 Å². The minimum absolute atomic E-state index is 0.0981. The third-order valence-corrected chi connectivity index (χ3v) is 3.09. The Hall–Kier alpha value is -1.51. The van der Waals surface area contributed by atoms with E-state index in [1.807, 2.05) is 31.2 Å². The molecule has 1 saturated carbocycles. The van der Waals surface area contributed by atoms with Crippen molar-refractivity contribution < 1.29 is 14.6 Å². The Bertz CT molecular complexity index is 377. The summed E-state index contributed by atoms with van der Waals surface area (Å²) >= 11 is 0. The van der Waals surface area contributed by atoms with Gasteiger partial charge < -0.3 is 9.84 Å². The minimum atomic E-state index is -0.785. The Balaban J connectivity index is 2.06. The van der Waals surface area contributed by atoms with Gasteiger partial charge in [0.25, 0.3) is 0 Å². The van der Waals surface area contributed by atoms with Gasteiger partial charge in [-0.25, -0.2) is 0 Å². The summed E-state index contributed by atoms with van der Waals surface area (Å²) in [6.45, 7) is 2.01. The maximum absolute atomic E-state index is 10.8. The summed E-state index contributed by atoms with van der Waals surface area (Å²) < 4.78 is 5.82. The normalized spacial score (nSPS) is 17.6. The summed E-state index contributed by atoms with van der Waals surface area (Å²) in [7, 11) is 0. The van der Waals surface area contributed by atoms with E-state index in [1.54, 1.807) is 0 Å². The number of carboxylic acid groups (broad SMARTS) is 1. The summed E-state index contributed by atoms with van der Waals surface area (Å²) in [4.78, 5) is 10.8. The molecule has 0 atom stereocenters. The molecular formula is C13H16O3. The number of hydrogen-bond acceptors (Lipinski definition) is 2. The smallest absolute Gasteiger partial charge is 0.307 e. The second-order valence-electron chi connectivity index (χ2n) is 4.52. The fourth-order valence-corrected chi connectivity index (χ4v) is 2.02. The third-order valence-electron chi connectivity index (χ3n) is 3.09. The molecule has 0 saturated heterocycles. The first kappa shape index (κ1) is 11.0. The van der Waals surface area contributed by atoms with E-state index in [-0.39, 0.29) is 6.42 Å². The van der Waals surface area contributed by atoms with Crippen LogP contribution in [0.3, 0.4) is 0 Å². The zero-order chi connectivity index (χ0) is 11.6. The van der Waals surface area contributed by atoms with Gasteiger partial charge in [0.2, 0.25) is 0 Å². The van der Waals surface area contributed by atoms with Crippen LogP contribution in [0.1, 0.15) is 31.2 Å². The number of carboxylic acids is 1. The lowest BCUT2D eigenvalue weighted by atomic mass is 9.77. The van der Waals surface area contributed by atoms with Gasteiger partial charge in [-0.1, -0.05) is 17.7 Å². The molecule has 0 unspecified atom stereocenters. The van der Waals surface area contributed by atoms with Crippen LogP contribution in [0, 0.1) is 6.92 Å². The van der Waals surface area contributed by atoms with Crippen molar-refractivity contribution in [2.24, 2.45) is 0 Å². The number of ether oxygens (including phenoxy) is 1. The molecule has 0 radical (unpaired) electrons. The second kappa shape index (κ2) is 4.16. The van der Waals surface area contributed by atoms with Gasteiger partial charge in [0.1, 0.15) is 11.4 Å². The zero-order valence-corrected chi connectivity index (χ0v) is 9.40. The van der Waals surface area contributed by atoms with Gasteiger partial charge in [-0.3, -0.25) is 4.79 Å². The molecule has 86 valence electrons. The van der Waals surface area contributed by atoms with Crippen molar-refractivity contribution in [2.45, 2.75) is 38.2 Å². The Labute approximate surface area is 95.0 Å². The maximum atomic E-state index is 10.8. The predicted octanol–water partition coefficient (Wildman–Crippen LogP) is 2.77. The van der Waals surface area contributed by atoms with E-state index in [2.05, 4.69) is 0 Å². The van der Waals surface area contributed by atoms with E-state index in [9.17, 15) is 4.79 Å². The number of carbonyl (C=O) groups is 1. The quantitative estimate of drug-likeness (QED) is 0.848. The van der Waals surface area contributed by atoms with Crippen LogP contribution >= 0.6 is 0 Å². The lowest BCUT2D eigenvalue weighted by molar-refractivity contribution is -0.144. The molecule has 1 aromatic carbocycles. The van der Waals surface area contributed by atoms with Gasteiger partial charge in [0.15, 0.2) is 0 Å². The molecule has 0 aromatic heterocycles. The van der Waals surface area contributed by atoms with Gasteiger partial charge in [-0.05, 0) is 38.3 Å². The van der Waals surface area contributed by atoms with E-state index in [1.165, 1.54) is 5.56 Å². The highest BCUT2D eigenvalue weighted by atomic mass is 16.5. The molecule has 1 aliphatic carbocycles. The first-order chi connectivity index (χ1) is 7.60. The van der Waals surface area contributed by atoms with Gasteiger partial charge in [-0.15, -0.1) is 0 Å². The summed E-state index contributed by atoms with van der Waals surface area (Å²) in [5, 5.41) is 8.86. The summed E-state index contributed by atoms with van der Waals surface area (Å²) in [5.41, 5.74) is 0.717. The highest BCUT2D eigenvalue weighted by molar-refractivity contribution is 5.68. The van der Waals surface area contributed by atoms with Crippen molar-refractivity contribution >= 4 is 5.97 Å². The molecule has 0 aliphatic heterocycles. The largest absolute Gasteiger partial charge is 0.487 e. The van der Waals surface area contributed by atoms with E-state index in [0.717, 1.165) is 25.0 Å². The molecular weight excluding hydrogens is 204 g/mol. The maximum Gasteiger partial charge on any atom is 0.307 e. The molecule has 16 heavy (non-hydrogen) atoms. The topological polar surface area (TPSA) is 46.5 Å². The Morgan fingerprint density at radius 1 is 1.38 bits per heavy atom. The number of aryl methyl sites for hydroxylation is 1. The number of aliphatic carboxylic acids is 1. The molecule has 1 fully saturated rings. The van der Waals surface area contributed by atoms with Crippen molar-refractivity contribution in [3.63, 3.8) is 0 Å². The molecule has 1 aromatic rings. The molecule has 0 amide bonds. The van der Waals surface area contributed by atoms with Gasteiger partial charge >= 0.3 is 5.97 Å². The molecule has 3 nitrogen and oxygen atoms in total. The molecule has 2 rings (SSSR count). The van der Waals surface area contributed by atoms with Crippen molar-refractivity contribution in [3.05, 3.63) is 29.8 Å². The van der Waals surface area contributed by atoms with Gasteiger partial charge in [0, 0.05) is 0 Å². The highest BCUT2D eigenvalue weighted by Gasteiger charge is 2.41. The molecule has 0 bridgehead atoms. The Morgan fingerprint density at radius 3 is 2.44 bits per heavy atom. The van der Waals surface area contributed by atoms with Crippen LogP contribution in [-0.4, -0.2) is 16.7 Å². The van der Waals surface area contributed by atoms with Crippen LogP contribution in [0.5, 0.6) is 5.75 Å². The van der Waals surface area contributed by atoms with Crippen molar-refractivity contribution in [2.75, 3.05) is 0 Å². The molecule has 3 heteroatoms. The van der Waals surface area contributed by atoms with Crippen LogP contribution < -0.4 is 4.74 Å². The van der Waals surface area contributed by atoms with Crippen LogP contribution in [-0.2, 0) is 4.79 Å². The summed E-state index contributed by atoms with van der Waals surface area (Å²) in [6.07, 6.45) is 2.83. The fourth-order valence-electron chi connectivity index (χ4n) is 2.02. The van der Waals surface area contributed by atoms with Crippen molar-refractivity contribution in [1.29, 1.82) is 0 Å². The predicted molar refractivity (Wildman–Crippen MR) is 60.6 cm³/mol. The van der Waals surface area contributed by atoms with Crippen molar-refractivity contribution in [3.8, 4) is 5.75 Å².